The molecule has 0 unspecified atom stereocenters. The van der Waals surface area contributed by atoms with Gasteiger partial charge >= 0.3 is 6.03 Å². The second kappa shape index (κ2) is 7.90. The third-order valence-corrected chi connectivity index (χ3v) is 6.12. The molecular weight excluding hydrogens is 370 g/mol. The molecule has 1 fully saturated rings. The molecule has 0 radical (unpaired) electrons. The van der Waals surface area contributed by atoms with Crippen LogP contribution in [0, 0.1) is 11.6 Å². The molecule has 0 bridgehead atoms. The summed E-state index contributed by atoms with van der Waals surface area (Å²) >= 11 is 1.45. The zero-order chi connectivity index (χ0) is 18.8. The van der Waals surface area contributed by atoms with Crippen molar-refractivity contribution in [2.75, 3.05) is 11.9 Å². The highest BCUT2D eigenvalue weighted by atomic mass is 32.1. The molecule has 0 atom stereocenters. The predicted octanol–water partition coefficient (Wildman–Crippen LogP) is 4.04. The van der Waals surface area contributed by atoms with E-state index >= 15 is 0 Å². The maximum absolute atomic E-state index is 13.9. The number of aromatic nitrogens is 1. The molecule has 1 aliphatic heterocycles. The number of carbonyl (C=O) groups excluding carboxylic acids is 1. The molecule has 1 aromatic carbocycles. The first kappa shape index (κ1) is 18.3. The van der Waals surface area contributed by atoms with Gasteiger partial charge in [0.15, 0.2) is 5.13 Å². The Morgan fingerprint density at radius 1 is 1.30 bits per heavy atom. The summed E-state index contributed by atoms with van der Waals surface area (Å²) in [6.45, 7) is 1.70. The van der Waals surface area contributed by atoms with Gasteiger partial charge < -0.3 is 5.32 Å². The van der Waals surface area contributed by atoms with Gasteiger partial charge in [-0.25, -0.2) is 18.6 Å². The Labute approximate surface area is 160 Å². The normalized spacial score (nSPS) is 17.7. The van der Waals surface area contributed by atoms with Crippen LogP contribution in [0.1, 0.15) is 41.8 Å². The monoisotopic (exact) mass is 392 g/mol. The minimum absolute atomic E-state index is 0.202. The Morgan fingerprint density at radius 3 is 2.93 bits per heavy atom. The molecular formula is C19H22F2N4OS. The summed E-state index contributed by atoms with van der Waals surface area (Å²) in [7, 11) is 0. The van der Waals surface area contributed by atoms with Gasteiger partial charge in [0.2, 0.25) is 0 Å². The Balaban J connectivity index is 1.37. The molecule has 1 aromatic heterocycles. The second-order valence-electron chi connectivity index (χ2n) is 7.17. The highest BCUT2D eigenvalue weighted by Crippen LogP contribution is 2.29. The summed E-state index contributed by atoms with van der Waals surface area (Å²) in [5.74, 6) is -0.820. The third kappa shape index (κ3) is 4.44. The van der Waals surface area contributed by atoms with Crippen LogP contribution in [0.2, 0.25) is 0 Å². The predicted molar refractivity (Wildman–Crippen MR) is 101 cm³/mol. The Bertz CT molecular complexity index is 835. The topological polar surface area (TPSA) is 57.3 Å². The van der Waals surface area contributed by atoms with E-state index in [1.54, 1.807) is 0 Å². The van der Waals surface area contributed by atoms with Crippen molar-refractivity contribution in [1.82, 2.24) is 15.2 Å². The third-order valence-electron chi connectivity index (χ3n) is 5.12. The van der Waals surface area contributed by atoms with E-state index in [2.05, 4.69) is 20.5 Å². The molecule has 144 valence electrons. The molecule has 27 heavy (non-hydrogen) atoms. The number of nitrogens with zero attached hydrogens (tertiary/aromatic N) is 2. The minimum atomic E-state index is -0.429. The van der Waals surface area contributed by atoms with Crippen LogP contribution in [0.4, 0.5) is 18.7 Å². The quantitative estimate of drug-likeness (QED) is 0.826. The fraction of sp³-hybridized carbons (Fsp3) is 0.474. The Hall–Kier alpha value is -2.06. The number of benzene rings is 1. The fourth-order valence-corrected chi connectivity index (χ4v) is 4.78. The van der Waals surface area contributed by atoms with Crippen LogP contribution in [-0.2, 0) is 19.5 Å². The first-order valence-corrected chi connectivity index (χ1v) is 10.1. The number of carbonyl (C=O) groups is 1. The molecule has 0 spiro atoms. The van der Waals surface area contributed by atoms with Gasteiger partial charge in [-0.3, -0.25) is 10.2 Å². The second-order valence-corrected chi connectivity index (χ2v) is 8.25. The number of amides is 2. The van der Waals surface area contributed by atoms with Crippen LogP contribution in [-0.4, -0.2) is 28.5 Å². The number of hydrogen-bond donors (Lipinski definition) is 2. The number of rotatable bonds is 4. The number of nitrogens with one attached hydrogen (secondary N) is 2. The zero-order valence-electron chi connectivity index (χ0n) is 14.9. The Morgan fingerprint density at radius 2 is 2.11 bits per heavy atom. The van der Waals surface area contributed by atoms with Gasteiger partial charge in [-0.15, -0.1) is 11.3 Å². The molecule has 2 heterocycles. The van der Waals surface area contributed by atoms with E-state index in [1.807, 2.05) is 0 Å². The number of halogens is 2. The number of anilines is 1. The largest absolute Gasteiger partial charge is 0.335 e. The summed E-state index contributed by atoms with van der Waals surface area (Å²) in [5.41, 5.74) is 1.34. The average molecular weight is 392 g/mol. The van der Waals surface area contributed by atoms with Gasteiger partial charge in [0, 0.05) is 42.5 Å². The number of hydrogen-bond acceptors (Lipinski definition) is 4. The Kier molecular flexibility index (Phi) is 5.36. The molecule has 8 heteroatoms. The van der Waals surface area contributed by atoms with Crippen LogP contribution in [0.3, 0.4) is 0 Å². The van der Waals surface area contributed by atoms with Crippen molar-refractivity contribution in [3.05, 3.63) is 46.0 Å². The number of thiazole rings is 1. The molecule has 2 aliphatic rings. The fourth-order valence-electron chi connectivity index (χ4n) is 3.73. The van der Waals surface area contributed by atoms with Crippen molar-refractivity contribution in [1.29, 1.82) is 0 Å². The van der Waals surface area contributed by atoms with E-state index in [0.717, 1.165) is 61.4 Å². The SMILES string of the molecule is O=C(Nc1nc2c(s1)CN(Cc1cc(F)ccc1F)CC2)NC1CCCC1. The van der Waals surface area contributed by atoms with E-state index in [1.165, 1.54) is 17.4 Å². The highest BCUT2D eigenvalue weighted by Gasteiger charge is 2.23. The van der Waals surface area contributed by atoms with E-state index < -0.39 is 11.6 Å². The van der Waals surface area contributed by atoms with E-state index in [9.17, 15) is 13.6 Å². The van der Waals surface area contributed by atoms with Crippen molar-refractivity contribution in [3.63, 3.8) is 0 Å². The molecule has 1 saturated carbocycles. The summed E-state index contributed by atoms with van der Waals surface area (Å²) in [6, 6.07) is 3.60. The smallest absolute Gasteiger partial charge is 0.321 e. The van der Waals surface area contributed by atoms with Crippen LogP contribution >= 0.6 is 11.3 Å². The molecule has 0 saturated heterocycles. The lowest BCUT2D eigenvalue weighted by Gasteiger charge is -2.25. The summed E-state index contributed by atoms with van der Waals surface area (Å²) in [4.78, 5) is 19.8. The van der Waals surface area contributed by atoms with Crippen molar-refractivity contribution >= 4 is 22.5 Å². The van der Waals surface area contributed by atoms with Gasteiger partial charge in [0.05, 0.1) is 5.69 Å². The molecule has 2 N–H and O–H groups in total. The van der Waals surface area contributed by atoms with Crippen LogP contribution in [0.5, 0.6) is 0 Å². The zero-order valence-corrected chi connectivity index (χ0v) is 15.7. The standard InChI is InChI=1S/C19H22F2N4OS/c20-13-5-6-15(21)12(9-13)10-25-8-7-16-17(11-25)27-19(23-16)24-18(26)22-14-3-1-2-4-14/h5-6,9,14H,1-4,7-8,10-11H2,(H2,22,23,24,26). The summed E-state index contributed by atoms with van der Waals surface area (Å²) in [5, 5.41) is 6.42. The van der Waals surface area contributed by atoms with Gasteiger partial charge in [-0.05, 0) is 31.0 Å². The molecule has 1 aliphatic carbocycles. The van der Waals surface area contributed by atoms with Crippen molar-refractivity contribution < 1.29 is 13.6 Å². The number of fused-ring (bicyclic) bond motifs is 1. The molecule has 4 rings (SSSR count). The molecule has 2 amide bonds. The van der Waals surface area contributed by atoms with Crippen molar-refractivity contribution in [3.8, 4) is 0 Å². The van der Waals surface area contributed by atoms with Gasteiger partial charge in [-0.1, -0.05) is 12.8 Å². The highest BCUT2D eigenvalue weighted by molar-refractivity contribution is 7.15. The first-order chi connectivity index (χ1) is 13.1. The summed E-state index contributed by atoms with van der Waals surface area (Å²) < 4.78 is 27.2. The van der Waals surface area contributed by atoms with Crippen LogP contribution < -0.4 is 10.6 Å². The molecule has 2 aromatic rings. The lowest BCUT2D eigenvalue weighted by molar-refractivity contribution is 0.243. The van der Waals surface area contributed by atoms with E-state index in [-0.39, 0.29) is 12.1 Å². The van der Waals surface area contributed by atoms with Crippen molar-refractivity contribution in [2.45, 2.75) is 51.2 Å². The van der Waals surface area contributed by atoms with Gasteiger partial charge in [0.1, 0.15) is 11.6 Å². The van der Waals surface area contributed by atoms with Gasteiger partial charge in [0.25, 0.3) is 0 Å². The minimum Gasteiger partial charge on any atom is -0.335 e. The number of urea groups is 1. The van der Waals surface area contributed by atoms with Crippen LogP contribution in [0.15, 0.2) is 18.2 Å². The lowest BCUT2D eigenvalue weighted by atomic mass is 10.1. The maximum atomic E-state index is 13.9. The van der Waals surface area contributed by atoms with Gasteiger partial charge in [-0.2, -0.15) is 0 Å². The first-order valence-electron chi connectivity index (χ1n) is 9.29. The summed E-state index contributed by atoms with van der Waals surface area (Å²) in [6.07, 6.45) is 5.13. The van der Waals surface area contributed by atoms with E-state index in [0.29, 0.717) is 23.8 Å². The molecule has 5 nitrogen and oxygen atoms in total. The van der Waals surface area contributed by atoms with E-state index in [4.69, 9.17) is 0 Å². The lowest BCUT2D eigenvalue weighted by Crippen LogP contribution is -2.36. The van der Waals surface area contributed by atoms with Crippen molar-refractivity contribution in [2.24, 2.45) is 0 Å². The average Bonchev–Trinajstić information content (AvgIpc) is 3.26. The van der Waals surface area contributed by atoms with Crippen LogP contribution in [0.25, 0.3) is 0 Å². The maximum Gasteiger partial charge on any atom is 0.321 e.